The summed E-state index contributed by atoms with van der Waals surface area (Å²) in [6.45, 7) is 0. The molecule has 5 heteroatoms. The number of rotatable bonds is 4. The van der Waals surface area contributed by atoms with Crippen LogP contribution in [0.4, 0.5) is 10.1 Å². The van der Waals surface area contributed by atoms with Gasteiger partial charge in [-0.15, -0.1) is 0 Å². The standard InChI is InChI=1S/C22H18ClFN2O/c1-27-18-12-8-15(9-13-18)20-14-22(16-6-10-17(24)11-7-16)26(25-20)21-5-3-2-4-19(21)23/h2-13,22H,14H2,1H3/t22-/m0/s1. The van der Waals surface area contributed by atoms with E-state index in [0.717, 1.165) is 28.3 Å². The Labute approximate surface area is 162 Å². The zero-order valence-corrected chi connectivity index (χ0v) is 15.5. The van der Waals surface area contributed by atoms with Crippen molar-refractivity contribution < 1.29 is 9.13 Å². The monoisotopic (exact) mass is 380 g/mol. The highest BCUT2D eigenvalue weighted by Crippen LogP contribution is 2.39. The minimum Gasteiger partial charge on any atom is -0.497 e. The van der Waals surface area contributed by atoms with Crippen LogP contribution in [0.2, 0.25) is 5.02 Å². The van der Waals surface area contributed by atoms with Gasteiger partial charge in [-0.3, -0.25) is 5.01 Å². The van der Waals surface area contributed by atoms with Crippen LogP contribution in [0.15, 0.2) is 77.9 Å². The molecule has 0 unspecified atom stereocenters. The van der Waals surface area contributed by atoms with Gasteiger partial charge in [-0.05, 0) is 59.7 Å². The maximum absolute atomic E-state index is 13.4. The van der Waals surface area contributed by atoms with Gasteiger partial charge in [0.2, 0.25) is 0 Å². The lowest BCUT2D eigenvalue weighted by molar-refractivity contribution is 0.415. The van der Waals surface area contributed by atoms with Gasteiger partial charge in [-0.2, -0.15) is 5.10 Å². The second kappa shape index (κ2) is 7.41. The third kappa shape index (κ3) is 3.53. The number of benzene rings is 3. The second-order valence-corrected chi connectivity index (χ2v) is 6.75. The maximum Gasteiger partial charge on any atom is 0.123 e. The molecular weight excluding hydrogens is 363 g/mol. The van der Waals surface area contributed by atoms with Gasteiger partial charge in [-0.1, -0.05) is 35.9 Å². The van der Waals surface area contributed by atoms with Crippen molar-refractivity contribution in [1.29, 1.82) is 0 Å². The van der Waals surface area contributed by atoms with E-state index in [1.807, 2.05) is 53.5 Å². The van der Waals surface area contributed by atoms with Gasteiger partial charge >= 0.3 is 0 Å². The van der Waals surface area contributed by atoms with Crippen molar-refractivity contribution in [3.05, 3.63) is 94.8 Å². The molecule has 0 saturated heterocycles. The fourth-order valence-electron chi connectivity index (χ4n) is 3.27. The molecule has 0 saturated carbocycles. The lowest BCUT2D eigenvalue weighted by atomic mass is 9.98. The summed E-state index contributed by atoms with van der Waals surface area (Å²) in [6, 6.07) is 22.0. The van der Waals surface area contributed by atoms with Crippen molar-refractivity contribution in [2.24, 2.45) is 5.10 Å². The number of hydrogen-bond donors (Lipinski definition) is 0. The molecule has 0 bridgehead atoms. The fourth-order valence-corrected chi connectivity index (χ4v) is 3.49. The summed E-state index contributed by atoms with van der Waals surface area (Å²) in [6.07, 6.45) is 0.698. The first-order valence-corrected chi connectivity index (χ1v) is 9.04. The van der Waals surface area contributed by atoms with E-state index in [-0.39, 0.29) is 11.9 Å². The van der Waals surface area contributed by atoms with Gasteiger partial charge in [0.15, 0.2) is 0 Å². The zero-order valence-electron chi connectivity index (χ0n) is 14.8. The normalized spacial score (nSPS) is 16.3. The SMILES string of the molecule is COc1ccc(C2=NN(c3ccccc3Cl)[C@H](c3ccc(F)cc3)C2)cc1. The smallest absolute Gasteiger partial charge is 0.123 e. The molecule has 3 aromatic rings. The van der Waals surface area contributed by atoms with Crippen LogP contribution in [0.3, 0.4) is 0 Å². The fraction of sp³-hybridized carbons (Fsp3) is 0.136. The molecule has 1 heterocycles. The van der Waals surface area contributed by atoms with Gasteiger partial charge in [0.05, 0.1) is 29.6 Å². The van der Waals surface area contributed by atoms with E-state index in [1.165, 1.54) is 12.1 Å². The van der Waals surface area contributed by atoms with Gasteiger partial charge in [0.25, 0.3) is 0 Å². The molecule has 27 heavy (non-hydrogen) atoms. The molecule has 0 fully saturated rings. The lowest BCUT2D eigenvalue weighted by Gasteiger charge is -2.24. The predicted molar refractivity (Wildman–Crippen MR) is 107 cm³/mol. The third-order valence-corrected chi connectivity index (χ3v) is 5.01. The number of anilines is 1. The van der Waals surface area contributed by atoms with Crippen LogP contribution in [0.25, 0.3) is 0 Å². The van der Waals surface area contributed by atoms with E-state index in [2.05, 4.69) is 0 Å². The quantitative estimate of drug-likeness (QED) is 0.567. The number of halogens is 2. The minimum absolute atomic E-state index is 0.0531. The molecule has 0 amide bonds. The van der Waals surface area contributed by atoms with Crippen molar-refractivity contribution in [2.75, 3.05) is 12.1 Å². The first-order valence-electron chi connectivity index (χ1n) is 8.67. The van der Waals surface area contributed by atoms with E-state index in [1.54, 1.807) is 19.2 Å². The molecule has 3 nitrogen and oxygen atoms in total. The van der Waals surface area contributed by atoms with Crippen LogP contribution in [-0.2, 0) is 0 Å². The molecule has 1 aliphatic heterocycles. The predicted octanol–water partition coefficient (Wildman–Crippen LogP) is 5.84. The van der Waals surface area contributed by atoms with Gasteiger partial charge in [-0.25, -0.2) is 4.39 Å². The Hall–Kier alpha value is -2.85. The van der Waals surface area contributed by atoms with E-state index in [0.29, 0.717) is 11.4 Å². The number of nitrogens with zero attached hydrogens (tertiary/aromatic N) is 2. The van der Waals surface area contributed by atoms with Crippen LogP contribution in [0, 0.1) is 5.82 Å². The Morgan fingerprint density at radius 3 is 2.37 bits per heavy atom. The minimum atomic E-state index is -0.252. The summed E-state index contributed by atoms with van der Waals surface area (Å²) in [5, 5.41) is 7.41. The lowest BCUT2D eigenvalue weighted by Crippen LogP contribution is -2.18. The molecule has 1 aliphatic rings. The van der Waals surface area contributed by atoms with Crippen molar-refractivity contribution in [2.45, 2.75) is 12.5 Å². The molecule has 0 aromatic heterocycles. The van der Waals surface area contributed by atoms with Gasteiger partial charge in [0, 0.05) is 6.42 Å². The number of hydrogen-bond acceptors (Lipinski definition) is 3. The average Bonchev–Trinajstić information content (AvgIpc) is 3.14. The Kier molecular flexibility index (Phi) is 4.82. The Morgan fingerprint density at radius 1 is 1.00 bits per heavy atom. The Balaban J connectivity index is 1.75. The second-order valence-electron chi connectivity index (χ2n) is 6.34. The van der Waals surface area contributed by atoms with Crippen molar-refractivity contribution in [1.82, 2.24) is 0 Å². The van der Waals surface area contributed by atoms with Crippen LogP contribution < -0.4 is 9.75 Å². The van der Waals surface area contributed by atoms with Crippen molar-refractivity contribution in [3.63, 3.8) is 0 Å². The third-order valence-electron chi connectivity index (χ3n) is 4.69. The first kappa shape index (κ1) is 17.6. The van der Waals surface area contributed by atoms with Crippen LogP contribution in [0.5, 0.6) is 5.75 Å². The van der Waals surface area contributed by atoms with E-state index < -0.39 is 0 Å². The number of ether oxygens (including phenoxy) is 1. The summed E-state index contributed by atoms with van der Waals surface area (Å²) in [7, 11) is 1.64. The van der Waals surface area contributed by atoms with E-state index in [4.69, 9.17) is 21.4 Å². The highest BCUT2D eigenvalue weighted by Gasteiger charge is 2.30. The van der Waals surface area contributed by atoms with Crippen LogP contribution in [-0.4, -0.2) is 12.8 Å². The molecule has 136 valence electrons. The molecule has 0 aliphatic carbocycles. The number of para-hydroxylation sites is 1. The molecule has 3 aromatic carbocycles. The van der Waals surface area contributed by atoms with E-state index >= 15 is 0 Å². The largest absolute Gasteiger partial charge is 0.497 e. The topological polar surface area (TPSA) is 24.8 Å². The molecule has 0 N–H and O–H groups in total. The van der Waals surface area contributed by atoms with Crippen LogP contribution in [0.1, 0.15) is 23.6 Å². The van der Waals surface area contributed by atoms with Crippen molar-refractivity contribution >= 4 is 23.0 Å². The summed E-state index contributed by atoms with van der Waals surface area (Å²) in [5.74, 6) is 0.549. The van der Waals surface area contributed by atoms with Crippen LogP contribution >= 0.6 is 11.6 Å². The Morgan fingerprint density at radius 2 is 1.70 bits per heavy atom. The summed E-state index contributed by atoms with van der Waals surface area (Å²) < 4.78 is 18.6. The van der Waals surface area contributed by atoms with Gasteiger partial charge in [0.1, 0.15) is 11.6 Å². The molecule has 0 spiro atoms. The number of methoxy groups -OCH3 is 1. The highest BCUT2D eigenvalue weighted by molar-refractivity contribution is 6.33. The van der Waals surface area contributed by atoms with E-state index in [9.17, 15) is 4.39 Å². The zero-order chi connectivity index (χ0) is 18.8. The van der Waals surface area contributed by atoms with Crippen molar-refractivity contribution in [3.8, 4) is 5.75 Å². The summed E-state index contributed by atoms with van der Waals surface area (Å²) >= 11 is 6.43. The van der Waals surface area contributed by atoms with Gasteiger partial charge < -0.3 is 4.74 Å². The molecular formula is C22H18ClFN2O. The molecule has 0 radical (unpaired) electrons. The molecule has 4 rings (SSSR count). The first-order chi connectivity index (χ1) is 13.2. The highest BCUT2D eigenvalue weighted by atomic mass is 35.5. The summed E-state index contributed by atoms with van der Waals surface area (Å²) in [4.78, 5) is 0. The Bertz CT molecular complexity index is 970. The number of hydrazone groups is 1. The summed E-state index contributed by atoms with van der Waals surface area (Å²) in [5.41, 5.74) is 3.80. The molecule has 1 atom stereocenters. The maximum atomic E-state index is 13.4. The average molecular weight is 381 g/mol.